The van der Waals surface area contributed by atoms with Gasteiger partial charge in [0.15, 0.2) is 0 Å². The number of aromatic nitrogens is 1. The Morgan fingerprint density at radius 1 is 1.05 bits per heavy atom. The highest BCUT2D eigenvalue weighted by atomic mass is 19.1. The number of rotatable bonds is 3. The number of nitrogens with two attached hydrogens (primary N) is 1. The molecule has 0 spiro atoms. The number of benzene rings is 2. The Kier molecular flexibility index (Phi) is 3.31. The van der Waals surface area contributed by atoms with Crippen molar-refractivity contribution in [2.45, 2.75) is 6.54 Å². The van der Waals surface area contributed by atoms with E-state index in [1.54, 1.807) is 12.1 Å². The number of fused-ring (bicyclic) bond motifs is 1. The van der Waals surface area contributed by atoms with E-state index in [-0.39, 0.29) is 5.82 Å². The van der Waals surface area contributed by atoms with Crippen LogP contribution in [-0.4, -0.2) is 4.98 Å². The molecule has 0 aliphatic heterocycles. The van der Waals surface area contributed by atoms with Crippen LogP contribution in [0.15, 0.2) is 54.6 Å². The van der Waals surface area contributed by atoms with Gasteiger partial charge in [0.2, 0.25) is 5.88 Å². The number of pyridine rings is 1. The summed E-state index contributed by atoms with van der Waals surface area (Å²) in [5, 5.41) is 1.02. The fourth-order valence-electron chi connectivity index (χ4n) is 2.07. The van der Waals surface area contributed by atoms with Crippen LogP contribution in [-0.2, 0) is 6.54 Å². The number of hydrogen-bond donors (Lipinski definition) is 1. The molecule has 3 rings (SSSR count). The molecule has 1 heterocycles. The first-order valence-corrected chi connectivity index (χ1v) is 6.28. The van der Waals surface area contributed by atoms with Gasteiger partial charge in [-0.3, -0.25) is 0 Å². The number of nitrogens with zero attached hydrogens (tertiary/aromatic N) is 1. The van der Waals surface area contributed by atoms with Crippen LogP contribution in [0.1, 0.15) is 5.56 Å². The van der Waals surface area contributed by atoms with Crippen molar-refractivity contribution in [1.29, 1.82) is 0 Å². The summed E-state index contributed by atoms with van der Waals surface area (Å²) in [4.78, 5) is 4.43. The highest BCUT2D eigenvalue weighted by Gasteiger charge is 2.06. The van der Waals surface area contributed by atoms with Gasteiger partial charge in [-0.2, -0.15) is 0 Å². The van der Waals surface area contributed by atoms with Crippen LogP contribution < -0.4 is 10.5 Å². The Balaban J connectivity index is 2.01. The van der Waals surface area contributed by atoms with Gasteiger partial charge in [-0.1, -0.05) is 18.2 Å². The maximum absolute atomic E-state index is 12.9. The van der Waals surface area contributed by atoms with Gasteiger partial charge >= 0.3 is 0 Å². The Hall–Kier alpha value is -2.46. The summed E-state index contributed by atoms with van der Waals surface area (Å²) in [7, 11) is 0. The number of hydrogen-bond acceptors (Lipinski definition) is 3. The molecule has 0 fully saturated rings. The van der Waals surface area contributed by atoms with Gasteiger partial charge in [0.05, 0.1) is 5.52 Å². The van der Waals surface area contributed by atoms with Gasteiger partial charge < -0.3 is 10.5 Å². The molecule has 3 aromatic rings. The topological polar surface area (TPSA) is 48.1 Å². The van der Waals surface area contributed by atoms with E-state index in [2.05, 4.69) is 4.98 Å². The molecule has 0 radical (unpaired) electrons. The standard InChI is InChI=1S/C16H13FN2O/c17-12-5-7-13(8-6-12)20-16-9-11(10-18)14-3-1-2-4-15(14)19-16/h1-9H,10,18H2. The van der Waals surface area contributed by atoms with Crippen molar-refractivity contribution in [3.8, 4) is 11.6 Å². The first kappa shape index (κ1) is 12.6. The SMILES string of the molecule is NCc1cc(Oc2ccc(F)cc2)nc2ccccc12. The summed E-state index contributed by atoms with van der Waals surface area (Å²) in [5.41, 5.74) is 7.56. The van der Waals surface area contributed by atoms with Crippen LogP contribution >= 0.6 is 0 Å². The fourth-order valence-corrected chi connectivity index (χ4v) is 2.07. The Morgan fingerprint density at radius 2 is 1.80 bits per heavy atom. The molecule has 0 bridgehead atoms. The van der Waals surface area contributed by atoms with E-state index >= 15 is 0 Å². The molecule has 0 aliphatic rings. The summed E-state index contributed by atoms with van der Waals surface area (Å²) in [6.45, 7) is 0.406. The molecule has 0 aliphatic carbocycles. The number of para-hydroxylation sites is 1. The fraction of sp³-hybridized carbons (Fsp3) is 0.0625. The summed E-state index contributed by atoms with van der Waals surface area (Å²) in [5.74, 6) is 0.694. The van der Waals surface area contributed by atoms with Gasteiger partial charge in [0, 0.05) is 18.0 Å². The van der Waals surface area contributed by atoms with E-state index in [0.717, 1.165) is 16.5 Å². The Morgan fingerprint density at radius 3 is 2.55 bits per heavy atom. The van der Waals surface area contributed by atoms with Crippen LogP contribution in [0.3, 0.4) is 0 Å². The summed E-state index contributed by atoms with van der Waals surface area (Å²) >= 11 is 0. The maximum Gasteiger partial charge on any atom is 0.220 e. The third-order valence-corrected chi connectivity index (χ3v) is 3.03. The van der Waals surface area contributed by atoms with Crippen LogP contribution in [0.2, 0.25) is 0 Å². The first-order chi connectivity index (χ1) is 9.76. The van der Waals surface area contributed by atoms with Crippen LogP contribution in [0.25, 0.3) is 10.9 Å². The summed E-state index contributed by atoms with van der Waals surface area (Å²) < 4.78 is 18.5. The molecule has 0 saturated carbocycles. The molecule has 0 unspecified atom stereocenters. The van der Waals surface area contributed by atoms with E-state index in [4.69, 9.17) is 10.5 Å². The molecular weight excluding hydrogens is 255 g/mol. The van der Waals surface area contributed by atoms with Crippen molar-refractivity contribution >= 4 is 10.9 Å². The quantitative estimate of drug-likeness (QED) is 0.789. The minimum absolute atomic E-state index is 0.300. The monoisotopic (exact) mass is 268 g/mol. The minimum Gasteiger partial charge on any atom is -0.439 e. The second-order valence-corrected chi connectivity index (χ2v) is 4.40. The van der Waals surface area contributed by atoms with Gasteiger partial charge in [-0.25, -0.2) is 9.37 Å². The third kappa shape index (κ3) is 2.46. The Labute approximate surface area is 115 Å². The second-order valence-electron chi connectivity index (χ2n) is 4.40. The van der Waals surface area contributed by atoms with Crippen molar-refractivity contribution < 1.29 is 9.13 Å². The average molecular weight is 268 g/mol. The van der Waals surface area contributed by atoms with E-state index < -0.39 is 0 Å². The largest absolute Gasteiger partial charge is 0.439 e. The lowest BCUT2D eigenvalue weighted by molar-refractivity contribution is 0.462. The van der Waals surface area contributed by atoms with Crippen LogP contribution in [0.5, 0.6) is 11.6 Å². The zero-order chi connectivity index (χ0) is 13.9. The van der Waals surface area contributed by atoms with Crippen molar-refractivity contribution in [3.05, 3.63) is 66.0 Å². The lowest BCUT2D eigenvalue weighted by atomic mass is 10.1. The van der Waals surface area contributed by atoms with E-state index in [1.807, 2.05) is 30.3 Å². The van der Waals surface area contributed by atoms with Crippen LogP contribution in [0.4, 0.5) is 4.39 Å². The zero-order valence-electron chi connectivity index (χ0n) is 10.7. The average Bonchev–Trinajstić information content (AvgIpc) is 2.49. The zero-order valence-corrected chi connectivity index (χ0v) is 10.7. The lowest BCUT2D eigenvalue weighted by Crippen LogP contribution is -1.99. The highest BCUT2D eigenvalue weighted by Crippen LogP contribution is 2.25. The molecule has 2 N–H and O–H groups in total. The Bertz CT molecular complexity index is 741. The van der Waals surface area contributed by atoms with Crippen LogP contribution in [0, 0.1) is 5.82 Å². The molecular formula is C16H13FN2O. The summed E-state index contributed by atoms with van der Waals surface area (Å²) in [6.07, 6.45) is 0. The van der Waals surface area contributed by atoms with Crippen molar-refractivity contribution in [1.82, 2.24) is 4.98 Å². The molecule has 4 heteroatoms. The maximum atomic E-state index is 12.9. The lowest BCUT2D eigenvalue weighted by Gasteiger charge is -2.09. The normalized spacial score (nSPS) is 10.7. The van der Waals surface area contributed by atoms with Gasteiger partial charge in [-0.15, -0.1) is 0 Å². The molecule has 100 valence electrons. The van der Waals surface area contributed by atoms with Crippen molar-refractivity contribution in [3.63, 3.8) is 0 Å². The molecule has 0 amide bonds. The predicted molar refractivity (Wildman–Crippen MR) is 76.1 cm³/mol. The molecule has 20 heavy (non-hydrogen) atoms. The molecule has 0 saturated heterocycles. The first-order valence-electron chi connectivity index (χ1n) is 6.28. The predicted octanol–water partition coefficient (Wildman–Crippen LogP) is 3.62. The summed E-state index contributed by atoms with van der Waals surface area (Å²) in [6, 6.07) is 15.4. The van der Waals surface area contributed by atoms with E-state index in [9.17, 15) is 4.39 Å². The van der Waals surface area contributed by atoms with E-state index in [1.165, 1.54) is 12.1 Å². The molecule has 0 atom stereocenters. The highest BCUT2D eigenvalue weighted by molar-refractivity contribution is 5.82. The third-order valence-electron chi connectivity index (χ3n) is 3.03. The molecule has 3 nitrogen and oxygen atoms in total. The van der Waals surface area contributed by atoms with Crippen molar-refractivity contribution in [2.24, 2.45) is 5.73 Å². The van der Waals surface area contributed by atoms with Crippen molar-refractivity contribution in [2.75, 3.05) is 0 Å². The molecule has 2 aromatic carbocycles. The molecule has 1 aromatic heterocycles. The smallest absolute Gasteiger partial charge is 0.220 e. The van der Waals surface area contributed by atoms with Gasteiger partial charge in [-0.05, 0) is 35.9 Å². The van der Waals surface area contributed by atoms with Gasteiger partial charge in [0.25, 0.3) is 0 Å². The number of ether oxygens (including phenoxy) is 1. The second kappa shape index (κ2) is 5.27. The minimum atomic E-state index is -0.300. The van der Waals surface area contributed by atoms with Gasteiger partial charge in [0.1, 0.15) is 11.6 Å². The van der Waals surface area contributed by atoms with E-state index in [0.29, 0.717) is 18.2 Å². The number of halogens is 1.